The Morgan fingerprint density at radius 3 is 1.83 bits per heavy atom. The lowest BCUT2D eigenvalue weighted by Crippen LogP contribution is -2.40. The van der Waals surface area contributed by atoms with Gasteiger partial charge in [0.25, 0.3) is 0 Å². The van der Waals surface area contributed by atoms with Crippen molar-refractivity contribution in [3.8, 4) is 0 Å². The summed E-state index contributed by atoms with van der Waals surface area (Å²) in [6, 6.07) is 0.384. The minimum absolute atomic E-state index is 0.129. The Balaban J connectivity index is 4.64. The smallest absolute Gasteiger partial charge is 0.465 e. The number of carbonyl (C=O) groups is 2. The second-order valence-electron chi connectivity index (χ2n) is 12.3. The van der Waals surface area contributed by atoms with Crippen molar-refractivity contribution in [1.29, 1.82) is 0 Å². The van der Waals surface area contributed by atoms with Gasteiger partial charge in [-0.15, -0.1) is 0 Å². The Kier molecular flexibility index (Phi) is 27.5. The molecule has 0 rings (SSSR count). The van der Waals surface area contributed by atoms with E-state index in [2.05, 4.69) is 58.3 Å². The van der Waals surface area contributed by atoms with Crippen LogP contribution < -0.4 is 0 Å². The first-order valence-corrected chi connectivity index (χ1v) is 17.8. The molecule has 7 heteroatoms. The van der Waals surface area contributed by atoms with Crippen molar-refractivity contribution in [2.45, 2.75) is 163 Å². The quantitative estimate of drug-likeness (QED) is 0.0628. The number of likely N-dealkylation sites (N-methyl/N-ethyl adjacent to an activating group) is 1. The number of nitrogens with zero attached hydrogens (tertiary/aromatic N) is 2. The topological polar surface area (TPSA) is 68.3 Å². The molecule has 250 valence electrons. The first-order chi connectivity index (χ1) is 20.3. The largest absolute Gasteiger partial charge is 0.508 e. The normalized spacial score (nSPS) is 13.1. The summed E-state index contributed by atoms with van der Waals surface area (Å²) in [6.07, 6.45) is 15.8. The van der Waals surface area contributed by atoms with Crippen LogP contribution in [0.5, 0.6) is 0 Å². The highest BCUT2D eigenvalue weighted by atomic mass is 16.7. The highest BCUT2D eigenvalue weighted by Crippen LogP contribution is 2.19. The molecule has 0 bridgehead atoms. The molecule has 0 aliphatic rings. The zero-order valence-electron chi connectivity index (χ0n) is 28.9. The van der Waals surface area contributed by atoms with Gasteiger partial charge in [0.2, 0.25) is 0 Å². The summed E-state index contributed by atoms with van der Waals surface area (Å²) in [5.41, 5.74) is 0. The van der Waals surface area contributed by atoms with Gasteiger partial charge in [-0.25, -0.2) is 4.79 Å². The molecule has 0 aromatic rings. The second-order valence-corrected chi connectivity index (χ2v) is 12.3. The average molecular weight is 599 g/mol. The van der Waals surface area contributed by atoms with E-state index >= 15 is 0 Å². The van der Waals surface area contributed by atoms with Crippen molar-refractivity contribution >= 4 is 12.1 Å². The van der Waals surface area contributed by atoms with Crippen LogP contribution in [0.15, 0.2) is 0 Å². The number of rotatable bonds is 29. The number of ether oxygens (including phenoxy) is 3. The molecule has 2 unspecified atom stereocenters. The van der Waals surface area contributed by atoms with E-state index in [0.29, 0.717) is 51.0 Å². The van der Waals surface area contributed by atoms with Crippen molar-refractivity contribution in [1.82, 2.24) is 9.80 Å². The van der Waals surface area contributed by atoms with Crippen LogP contribution in [-0.2, 0) is 19.0 Å². The van der Waals surface area contributed by atoms with Gasteiger partial charge in [0.1, 0.15) is 12.7 Å². The molecule has 0 saturated heterocycles. The summed E-state index contributed by atoms with van der Waals surface area (Å²) in [5.74, 6) is 0.342. The molecular formula is C35H70N2O5. The zero-order chi connectivity index (χ0) is 31.4. The summed E-state index contributed by atoms with van der Waals surface area (Å²) in [5, 5.41) is 0. The third-order valence-corrected chi connectivity index (χ3v) is 8.39. The molecular weight excluding hydrogens is 528 g/mol. The highest BCUT2D eigenvalue weighted by Gasteiger charge is 2.18. The van der Waals surface area contributed by atoms with Crippen LogP contribution in [0.4, 0.5) is 4.79 Å². The van der Waals surface area contributed by atoms with Crippen molar-refractivity contribution in [3.05, 3.63) is 0 Å². The molecule has 0 fully saturated rings. The molecule has 0 N–H and O–H groups in total. The number of hydrogen-bond donors (Lipinski definition) is 0. The molecule has 0 heterocycles. The molecule has 2 atom stereocenters. The monoisotopic (exact) mass is 599 g/mol. The van der Waals surface area contributed by atoms with Crippen LogP contribution in [0.2, 0.25) is 0 Å². The first kappa shape index (κ1) is 40.7. The van der Waals surface area contributed by atoms with Crippen molar-refractivity contribution < 1.29 is 23.8 Å². The van der Waals surface area contributed by atoms with Gasteiger partial charge in [-0.1, -0.05) is 92.4 Å². The Bertz CT molecular complexity index is 627. The second kappa shape index (κ2) is 28.4. The molecule has 0 radical (unpaired) electrons. The van der Waals surface area contributed by atoms with Crippen LogP contribution in [0.25, 0.3) is 0 Å². The molecule has 0 amide bonds. The van der Waals surface area contributed by atoms with Crippen LogP contribution in [0, 0.1) is 5.92 Å². The number of unbranched alkanes of at least 4 members (excludes halogenated alkanes) is 7. The number of esters is 1. The van der Waals surface area contributed by atoms with E-state index < -0.39 is 6.16 Å². The Hall–Kier alpha value is -1.34. The van der Waals surface area contributed by atoms with Crippen LogP contribution >= 0.6 is 0 Å². The van der Waals surface area contributed by atoms with E-state index in [1.807, 2.05) is 0 Å². The predicted octanol–water partition coefficient (Wildman–Crippen LogP) is 9.02. The minimum Gasteiger partial charge on any atom is -0.465 e. The summed E-state index contributed by atoms with van der Waals surface area (Å²) >= 11 is 0. The van der Waals surface area contributed by atoms with Gasteiger partial charge < -0.3 is 19.1 Å². The lowest BCUT2D eigenvalue weighted by molar-refractivity contribution is -0.145. The van der Waals surface area contributed by atoms with Gasteiger partial charge in [0, 0.05) is 32.1 Å². The van der Waals surface area contributed by atoms with Crippen LogP contribution in [-0.4, -0.2) is 80.0 Å². The lowest BCUT2D eigenvalue weighted by Gasteiger charge is -2.29. The number of carbonyl (C=O) groups excluding carboxylic acids is 2. The van der Waals surface area contributed by atoms with Crippen molar-refractivity contribution in [2.75, 3.05) is 45.9 Å². The summed E-state index contributed by atoms with van der Waals surface area (Å²) < 4.78 is 17.0. The molecule has 0 aromatic carbocycles. The molecule has 0 aliphatic carbocycles. The summed E-state index contributed by atoms with van der Waals surface area (Å²) in [4.78, 5) is 29.9. The third kappa shape index (κ3) is 23.2. The molecule has 0 aliphatic heterocycles. The third-order valence-electron chi connectivity index (χ3n) is 8.39. The van der Waals surface area contributed by atoms with E-state index in [0.717, 1.165) is 64.7 Å². The predicted molar refractivity (Wildman–Crippen MR) is 176 cm³/mol. The van der Waals surface area contributed by atoms with Crippen molar-refractivity contribution in [3.63, 3.8) is 0 Å². The Labute approximate surface area is 260 Å². The fraction of sp³-hybridized carbons (Fsp3) is 0.943. The van der Waals surface area contributed by atoms with Crippen LogP contribution in [0.1, 0.15) is 151 Å². The zero-order valence-corrected chi connectivity index (χ0v) is 28.9. The van der Waals surface area contributed by atoms with E-state index in [4.69, 9.17) is 14.2 Å². The maximum absolute atomic E-state index is 12.6. The fourth-order valence-electron chi connectivity index (χ4n) is 5.34. The lowest BCUT2D eigenvalue weighted by atomic mass is 9.96. The van der Waals surface area contributed by atoms with Crippen LogP contribution in [0.3, 0.4) is 0 Å². The molecule has 0 spiro atoms. The van der Waals surface area contributed by atoms with Gasteiger partial charge in [0.05, 0.1) is 6.61 Å². The molecule has 0 saturated carbocycles. The van der Waals surface area contributed by atoms with E-state index in [-0.39, 0.29) is 12.1 Å². The van der Waals surface area contributed by atoms with Gasteiger partial charge in [-0.05, 0) is 71.4 Å². The highest BCUT2D eigenvalue weighted by molar-refractivity contribution is 5.69. The van der Waals surface area contributed by atoms with Crippen molar-refractivity contribution in [2.24, 2.45) is 5.92 Å². The van der Waals surface area contributed by atoms with E-state index in [9.17, 15) is 9.59 Å². The van der Waals surface area contributed by atoms with Gasteiger partial charge in [-0.3, -0.25) is 9.69 Å². The van der Waals surface area contributed by atoms with Gasteiger partial charge in [-0.2, -0.15) is 0 Å². The maximum atomic E-state index is 12.6. The summed E-state index contributed by atoms with van der Waals surface area (Å²) in [6.45, 7) is 21.0. The Morgan fingerprint density at radius 2 is 1.24 bits per heavy atom. The summed E-state index contributed by atoms with van der Waals surface area (Å²) in [7, 11) is 0. The maximum Gasteiger partial charge on any atom is 0.508 e. The first-order valence-electron chi connectivity index (χ1n) is 17.8. The standard InChI is InChI=1S/C35H70N2O5/c1-8-13-16-18-22-32(21-15-10-3)30-41-34(38)25-20-24-33(23-19-17-14-9-2)42-35(39)40-29-28-37(31(6)7)27-26-36(11-4)12-5/h31-33H,8-30H2,1-7H3. The Morgan fingerprint density at radius 1 is 0.643 bits per heavy atom. The molecule has 0 aromatic heterocycles. The fourth-order valence-corrected chi connectivity index (χ4v) is 5.34. The molecule has 7 nitrogen and oxygen atoms in total. The van der Waals surface area contributed by atoms with Gasteiger partial charge >= 0.3 is 12.1 Å². The minimum atomic E-state index is -0.590. The SMILES string of the molecule is CCCCCCC(CCCC)COC(=O)CCCC(CCCCCC)OC(=O)OCCN(CCN(CC)CC)C(C)C. The van der Waals surface area contributed by atoms with E-state index in [1.165, 1.54) is 44.9 Å². The average Bonchev–Trinajstić information content (AvgIpc) is 2.97. The number of hydrogen-bond acceptors (Lipinski definition) is 7. The molecule has 42 heavy (non-hydrogen) atoms. The van der Waals surface area contributed by atoms with E-state index in [1.54, 1.807) is 0 Å². The van der Waals surface area contributed by atoms with Gasteiger partial charge in [0.15, 0.2) is 0 Å².